The van der Waals surface area contributed by atoms with Crippen LogP contribution in [0.3, 0.4) is 0 Å². The van der Waals surface area contributed by atoms with Crippen LogP contribution in [0.4, 0.5) is 5.82 Å². The third kappa shape index (κ3) is 5.12. The van der Waals surface area contributed by atoms with Crippen molar-refractivity contribution in [3.05, 3.63) is 78.4 Å². The standard InChI is InChI=1S/C28H34N6/c1-22(2)14-17-32-15-9-16-33(19-18-32)27-26-28(34(21-29-26)24-12-7-4-8-13-24)31-25(30-27)20-23-10-5-3-6-11-23/h3-8,10-13,21-22H,9,14-20H2,1-2H3. The van der Waals surface area contributed by atoms with Gasteiger partial charge in [0.25, 0.3) is 0 Å². The number of hydrogen-bond donors (Lipinski definition) is 0. The Kier molecular flexibility index (Phi) is 6.86. The van der Waals surface area contributed by atoms with E-state index in [0.29, 0.717) is 6.42 Å². The first-order valence-corrected chi connectivity index (χ1v) is 12.5. The van der Waals surface area contributed by atoms with Crippen molar-refractivity contribution in [2.75, 3.05) is 37.6 Å². The van der Waals surface area contributed by atoms with Crippen LogP contribution in [0.2, 0.25) is 0 Å². The summed E-state index contributed by atoms with van der Waals surface area (Å²) in [6.45, 7) is 9.95. The Hall–Kier alpha value is -3.25. The summed E-state index contributed by atoms with van der Waals surface area (Å²) in [7, 11) is 0. The Morgan fingerprint density at radius 1 is 0.853 bits per heavy atom. The van der Waals surface area contributed by atoms with Crippen molar-refractivity contribution in [2.24, 2.45) is 5.92 Å². The van der Waals surface area contributed by atoms with Crippen LogP contribution < -0.4 is 4.90 Å². The minimum atomic E-state index is 0.706. The van der Waals surface area contributed by atoms with Crippen LogP contribution in [0, 0.1) is 5.92 Å². The smallest absolute Gasteiger partial charge is 0.170 e. The molecule has 2 aromatic heterocycles. The van der Waals surface area contributed by atoms with Crippen molar-refractivity contribution >= 4 is 17.0 Å². The quantitative estimate of drug-likeness (QED) is 0.395. The minimum Gasteiger partial charge on any atom is -0.353 e. The molecule has 2 aromatic carbocycles. The predicted molar refractivity (Wildman–Crippen MR) is 139 cm³/mol. The van der Waals surface area contributed by atoms with Gasteiger partial charge in [-0.15, -0.1) is 0 Å². The topological polar surface area (TPSA) is 50.1 Å². The summed E-state index contributed by atoms with van der Waals surface area (Å²) in [5, 5.41) is 0. The Bertz CT molecular complexity index is 1200. The molecule has 0 spiro atoms. The number of para-hydroxylation sites is 1. The molecule has 0 radical (unpaired) electrons. The first kappa shape index (κ1) is 22.5. The van der Waals surface area contributed by atoms with Crippen LogP contribution in [0.25, 0.3) is 16.9 Å². The third-order valence-corrected chi connectivity index (χ3v) is 6.57. The summed E-state index contributed by atoms with van der Waals surface area (Å²) in [6, 6.07) is 20.8. The summed E-state index contributed by atoms with van der Waals surface area (Å²) in [6.07, 6.45) is 4.98. The molecule has 0 saturated carbocycles. The van der Waals surface area contributed by atoms with E-state index in [2.05, 4.69) is 76.7 Å². The highest BCUT2D eigenvalue weighted by atomic mass is 15.3. The Morgan fingerprint density at radius 2 is 1.62 bits per heavy atom. The normalized spacial score (nSPS) is 15.2. The number of aromatic nitrogens is 4. The molecule has 0 unspecified atom stereocenters. The van der Waals surface area contributed by atoms with E-state index >= 15 is 0 Å². The van der Waals surface area contributed by atoms with Gasteiger partial charge in [-0.05, 0) is 49.5 Å². The maximum absolute atomic E-state index is 5.09. The van der Waals surface area contributed by atoms with E-state index in [0.717, 1.165) is 67.0 Å². The molecular weight excluding hydrogens is 420 g/mol. The van der Waals surface area contributed by atoms with Gasteiger partial charge >= 0.3 is 0 Å². The average Bonchev–Trinajstić information content (AvgIpc) is 3.14. The molecule has 1 saturated heterocycles. The van der Waals surface area contributed by atoms with E-state index in [-0.39, 0.29) is 0 Å². The van der Waals surface area contributed by atoms with E-state index in [9.17, 15) is 0 Å². The zero-order valence-electron chi connectivity index (χ0n) is 20.3. The highest BCUT2D eigenvalue weighted by Gasteiger charge is 2.22. The second-order valence-corrected chi connectivity index (χ2v) is 9.61. The molecular formula is C28H34N6. The molecule has 0 amide bonds. The number of nitrogens with zero attached hydrogens (tertiary/aromatic N) is 6. The minimum absolute atomic E-state index is 0.706. The van der Waals surface area contributed by atoms with E-state index in [4.69, 9.17) is 15.0 Å². The van der Waals surface area contributed by atoms with E-state index < -0.39 is 0 Å². The lowest BCUT2D eigenvalue weighted by molar-refractivity contribution is 0.275. The molecule has 1 fully saturated rings. The summed E-state index contributed by atoms with van der Waals surface area (Å²) < 4.78 is 2.09. The van der Waals surface area contributed by atoms with Gasteiger partial charge in [-0.25, -0.2) is 15.0 Å². The first-order chi connectivity index (χ1) is 16.7. The molecule has 4 aromatic rings. The Balaban J connectivity index is 1.50. The Morgan fingerprint density at radius 3 is 2.38 bits per heavy atom. The van der Waals surface area contributed by atoms with Crippen molar-refractivity contribution < 1.29 is 0 Å². The summed E-state index contributed by atoms with van der Waals surface area (Å²) >= 11 is 0. The van der Waals surface area contributed by atoms with Gasteiger partial charge in [-0.1, -0.05) is 62.4 Å². The highest BCUT2D eigenvalue weighted by Crippen LogP contribution is 2.27. The van der Waals surface area contributed by atoms with Gasteiger partial charge in [0, 0.05) is 31.7 Å². The van der Waals surface area contributed by atoms with E-state index in [1.807, 2.05) is 18.5 Å². The van der Waals surface area contributed by atoms with Gasteiger partial charge in [0.05, 0.1) is 0 Å². The molecule has 6 heteroatoms. The molecule has 1 aliphatic rings. The lowest BCUT2D eigenvalue weighted by Gasteiger charge is -2.23. The maximum atomic E-state index is 5.09. The maximum Gasteiger partial charge on any atom is 0.170 e. The van der Waals surface area contributed by atoms with Crippen molar-refractivity contribution in [1.29, 1.82) is 0 Å². The van der Waals surface area contributed by atoms with Crippen LogP contribution in [0.15, 0.2) is 67.0 Å². The Labute approximate surface area is 202 Å². The number of anilines is 1. The summed E-state index contributed by atoms with van der Waals surface area (Å²) in [5.41, 5.74) is 4.05. The van der Waals surface area contributed by atoms with Crippen molar-refractivity contribution in [1.82, 2.24) is 24.4 Å². The summed E-state index contributed by atoms with van der Waals surface area (Å²) in [5.74, 6) is 2.55. The van der Waals surface area contributed by atoms with Crippen LogP contribution in [0.1, 0.15) is 38.1 Å². The van der Waals surface area contributed by atoms with E-state index in [1.165, 1.54) is 18.5 Å². The zero-order chi connectivity index (χ0) is 23.3. The van der Waals surface area contributed by atoms with Crippen LogP contribution in [-0.2, 0) is 6.42 Å². The molecule has 34 heavy (non-hydrogen) atoms. The fraction of sp³-hybridized carbons (Fsp3) is 0.393. The molecule has 6 nitrogen and oxygen atoms in total. The molecule has 0 N–H and O–H groups in total. The van der Waals surface area contributed by atoms with Crippen molar-refractivity contribution in [3.8, 4) is 5.69 Å². The van der Waals surface area contributed by atoms with Crippen LogP contribution in [-0.4, -0.2) is 57.1 Å². The molecule has 176 valence electrons. The van der Waals surface area contributed by atoms with Gasteiger partial charge in [0.2, 0.25) is 0 Å². The lowest BCUT2D eigenvalue weighted by Crippen LogP contribution is -2.32. The number of imidazole rings is 1. The second-order valence-electron chi connectivity index (χ2n) is 9.61. The fourth-order valence-corrected chi connectivity index (χ4v) is 4.63. The SMILES string of the molecule is CC(C)CCN1CCCN(c2nc(Cc3ccccc3)nc3c2ncn3-c2ccccc2)CC1. The largest absolute Gasteiger partial charge is 0.353 e. The fourth-order valence-electron chi connectivity index (χ4n) is 4.63. The van der Waals surface area contributed by atoms with E-state index in [1.54, 1.807) is 0 Å². The predicted octanol–water partition coefficient (Wildman–Crippen LogP) is 4.96. The monoisotopic (exact) mass is 454 g/mol. The van der Waals surface area contributed by atoms with Crippen molar-refractivity contribution in [2.45, 2.75) is 33.1 Å². The third-order valence-electron chi connectivity index (χ3n) is 6.57. The number of hydrogen-bond acceptors (Lipinski definition) is 5. The lowest BCUT2D eigenvalue weighted by atomic mass is 10.1. The second kappa shape index (κ2) is 10.3. The average molecular weight is 455 g/mol. The van der Waals surface area contributed by atoms with Gasteiger partial charge in [-0.3, -0.25) is 4.57 Å². The van der Waals surface area contributed by atoms with Gasteiger partial charge in [0.15, 0.2) is 17.0 Å². The molecule has 0 atom stereocenters. The van der Waals surface area contributed by atoms with Crippen LogP contribution in [0.5, 0.6) is 0 Å². The van der Waals surface area contributed by atoms with Gasteiger partial charge < -0.3 is 9.80 Å². The van der Waals surface area contributed by atoms with Crippen molar-refractivity contribution in [3.63, 3.8) is 0 Å². The molecule has 1 aliphatic heterocycles. The van der Waals surface area contributed by atoms with Gasteiger partial charge in [0.1, 0.15) is 12.2 Å². The zero-order valence-corrected chi connectivity index (χ0v) is 20.3. The molecule has 0 aliphatic carbocycles. The molecule has 3 heterocycles. The molecule has 5 rings (SSSR count). The number of benzene rings is 2. The highest BCUT2D eigenvalue weighted by molar-refractivity contribution is 5.85. The first-order valence-electron chi connectivity index (χ1n) is 12.5. The molecule has 0 bridgehead atoms. The van der Waals surface area contributed by atoms with Crippen LogP contribution >= 0.6 is 0 Å². The van der Waals surface area contributed by atoms with Gasteiger partial charge in [-0.2, -0.15) is 0 Å². The summed E-state index contributed by atoms with van der Waals surface area (Å²) in [4.78, 5) is 19.9. The number of rotatable bonds is 7. The number of fused-ring (bicyclic) bond motifs is 1.